The average molecular weight is 316 g/mol. The van der Waals surface area contributed by atoms with Gasteiger partial charge in [-0.25, -0.2) is 0 Å². The molecule has 3 nitrogen and oxygen atoms in total. The van der Waals surface area contributed by atoms with Crippen molar-refractivity contribution in [2.24, 2.45) is 5.73 Å². The van der Waals surface area contributed by atoms with Crippen molar-refractivity contribution in [1.82, 2.24) is 0 Å². The third-order valence-electron chi connectivity index (χ3n) is 3.74. The van der Waals surface area contributed by atoms with Crippen LogP contribution in [0.15, 0.2) is 24.3 Å². The van der Waals surface area contributed by atoms with E-state index in [4.69, 9.17) is 18.0 Å². The number of aryl methyl sites for hydroxylation is 3. The molecule has 1 amide bonds. The smallest absolute Gasteiger partial charge is 0.265 e. The molecule has 0 saturated heterocycles. The van der Waals surface area contributed by atoms with Crippen LogP contribution in [0, 0.1) is 6.92 Å². The molecule has 0 spiro atoms. The number of anilines is 1. The number of benzene rings is 1. The lowest BCUT2D eigenvalue weighted by atomic mass is 10.1. The van der Waals surface area contributed by atoms with Crippen LogP contribution in [-0.2, 0) is 12.8 Å². The van der Waals surface area contributed by atoms with Crippen LogP contribution in [0.5, 0.6) is 0 Å². The van der Waals surface area contributed by atoms with E-state index in [1.807, 2.05) is 31.2 Å². The summed E-state index contributed by atoms with van der Waals surface area (Å²) in [5, 5.41) is 2.97. The summed E-state index contributed by atoms with van der Waals surface area (Å²) in [6.07, 6.45) is 3.40. The number of carbonyl (C=O) groups is 1. The maximum Gasteiger partial charge on any atom is 0.265 e. The van der Waals surface area contributed by atoms with Gasteiger partial charge in [-0.1, -0.05) is 24.4 Å². The number of nitrogens with two attached hydrogens (primary N) is 1. The van der Waals surface area contributed by atoms with Crippen molar-refractivity contribution in [3.63, 3.8) is 0 Å². The van der Waals surface area contributed by atoms with Crippen LogP contribution in [0.3, 0.4) is 0 Å². The van der Waals surface area contributed by atoms with E-state index >= 15 is 0 Å². The van der Waals surface area contributed by atoms with E-state index in [2.05, 4.69) is 5.32 Å². The number of fused-ring (bicyclic) bond motifs is 1. The van der Waals surface area contributed by atoms with Gasteiger partial charge in [0.15, 0.2) is 0 Å². The van der Waals surface area contributed by atoms with E-state index in [0.29, 0.717) is 4.99 Å². The zero-order valence-corrected chi connectivity index (χ0v) is 13.4. The minimum Gasteiger partial charge on any atom is -0.389 e. The van der Waals surface area contributed by atoms with E-state index in [1.165, 1.54) is 16.9 Å². The van der Waals surface area contributed by atoms with E-state index in [-0.39, 0.29) is 5.91 Å². The summed E-state index contributed by atoms with van der Waals surface area (Å²) in [4.78, 5) is 14.9. The fourth-order valence-electron chi connectivity index (χ4n) is 2.53. The fraction of sp³-hybridized carbons (Fsp3) is 0.250. The van der Waals surface area contributed by atoms with Gasteiger partial charge in [-0.2, -0.15) is 0 Å². The predicted octanol–water partition coefficient (Wildman–Crippen LogP) is 3.43. The molecule has 3 rings (SSSR count). The highest BCUT2D eigenvalue weighted by atomic mass is 32.1. The number of amides is 1. The molecule has 5 heteroatoms. The molecule has 1 aliphatic carbocycles. The number of hydrogen-bond donors (Lipinski definition) is 2. The average Bonchev–Trinajstić information content (AvgIpc) is 3.01. The van der Waals surface area contributed by atoms with Gasteiger partial charge in [-0.05, 0) is 49.4 Å². The second-order valence-corrected chi connectivity index (χ2v) is 6.84. The van der Waals surface area contributed by atoms with E-state index in [9.17, 15) is 4.79 Å². The maximum atomic E-state index is 12.4. The predicted molar refractivity (Wildman–Crippen MR) is 91.4 cm³/mol. The van der Waals surface area contributed by atoms with Gasteiger partial charge in [0, 0.05) is 16.1 Å². The first-order valence-electron chi connectivity index (χ1n) is 6.88. The van der Waals surface area contributed by atoms with Crippen molar-refractivity contribution in [2.75, 3.05) is 5.32 Å². The standard InChI is InChI=1S/C16H16N2OS2/c1-9-5-6-11(15(17)20)7-12(9)18-16(19)14-8-10-3-2-4-13(10)21-14/h5-8H,2-4H2,1H3,(H2,17,20)(H,18,19). The lowest BCUT2D eigenvalue weighted by Crippen LogP contribution is -2.14. The Kier molecular flexibility index (Phi) is 3.78. The summed E-state index contributed by atoms with van der Waals surface area (Å²) >= 11 is 6.59. The highest BCUT2D eigenvalue weighted by Crippen LogP contribution is 2.31. The Morgan fingerprint density at radius 2 is 2.14 bits per heavy atom. The van der Waals surface area contributed by atoms with Gasteiger partial charge in [-0.3, -0.25) is 4.79 Å². The molecule has 1 aromatic heterocycles. The molecule has 21 heavy (non-hydrogen) atoms. The Labute approximate surface area is 133 Å². The van der Waals surface area contributed by atoms with Crippen LogP contribution in [-0.4, -0.2) is 10.9 Å². The van der Waals surface area contributed by atoms with Crippen LogP contribution >= 0.6 is 23.6 Å². The first-order valence-corrected chi connectivity index (χ1v) is 8.10. The molecule has 0 saturated carbocycles. The normalized spacial score (nSPS) is 13.0. The van der Waals surface area contributed by atoms with Crippen LogP contribution in [0.2, 0.25) is 0 Å². The van der Waals surface area contributed by atoms with Gasteiger partial charge in [0.05, 0.1) is 4.88 Å². The van der Waals surface area contributed by atoms with Gasteiger partial charge in [0.25, 0.3) is 5.91 Å². The number of carbonyl (C=O) groups excluding carboxylic acids is 1. The van der Waals surface area contributed by atoms with Crippen molar-refractivity contribution in [3.05, 3.63) is 50.7 Å². The van der Waals surface area contributed by atoms with Crippen molar-refractivity contribution >= 4 is 40.1 Å². The number of hydrogen-bond acceptors (Lipinski definition) is 3. The lowest BCUT2D eigenvalue weighted by Gasteiger charge is -2.09. The Morgan fingerprint density at radius 3 is 2.86 bits per heavy atom. The second kappa shape index (κ2) is 5.58. The monoisotopic (exact) mass is 316 g/mol. The SMILES string of the molecule is Cc1ccc(C(N)=S)cc1NC(=O)c1cc2c(s1)CCC2. The number of thiophene rings is 1. The number of rotatable bonds is 3. The molecule has 0 bridgehead atoms. The molecule has 0 atom stereocenters. The first kappa shape index (κ1) is 14.2. The molecule has 0 radical (unpaired) electrons. The highest BCUT2D eigenvalue weighted by Gasteiger charge is 2.19. The Balaban J connectivity index is 1.83. The largest absolute Gasteiger partial charge is 0.389 e. The molecule has 3 N–H and O–H groups in total. The van der Waals surface area contributed by atoms with Gasteiger partial charge < -0.3 is 11.1 Å². The molecule has 1 aliphatic rings. The summed E-state index contributed by atoms with van der Waals surface area (Å²) in [5.74, 6) is -0.0578. The maximum absolute atomic E-state index is 12.4. The van der Waals surface area contributed by atoms with Gasteiger partial charge in [0.2, 0.25) is 0 Å². The summed E-state index contributed by atoms with van der Waals surface area (Å²) in [7, 11) is 0. The first-order chi connectivity index (χ1) is 10.0. The Morgan fingerprint density at radius 1 is 1.33 bits per heavy atom. The van der Waals surface area contributed by atoms with Crippen molar-refractivity contribution in [2.45, 2.75) is 26.2 Å². The van der Waals surface area contributed by atoms with Crippen LogP contribution in [0.4, 0.5) is 5.69 Å². The Hall–Kier alpha value is -1.72. The molecular weight excluding hydrogens is 300 g/mol. The summed E-state index contributed by atoms with van der Waals surface area (Å²) in [6, 6.07) is 7.64. The Bertz CT molecular complexity index is 712. The van der Waals surface area contributed by atoms with E-state index < -0.39 is 0 Å². The topological polar surface area (TPSA) is 55.1 Å². The third-order valence-corrected chi connectivity index (χ3v) is 5.21. The summed E-state index contributed by atoms with van der Waals surface area (Å²) in [5.41, 5.74) is 9.50. The second-order valence-electron chi connectivity index (χ2n) is 5.26. The summed E-state index contributed by atoms with van der Waals surface area (Å²) in [6.45, 7) is 1.95. The molecular formula is C16H16N2OS2. The van der Waals surface area contributed by atoms with Crippen LogP contribution in [0.1, 0.15) is 37.7 Å². The van der Waals surface area contributed by atoms with Crippen molar-refractivity contribution in [1.29, 1.82) is 0 Å². The summed E-state index contributed by atoms with van der Waals surface area (Å²) < 4.78 is 0. The zero-order chi connectivity index (χ0) is 15.0. The molecule has 0 fully saturated rings. The minimum atomic E-state index is -0.0578. The lowest BCUT2D eigenvalue weighted by molar-refractivity contribution is 0.103. The molecule has 0 aliphatic heterocycles. The molecule has 1 aromatic carbocycles. The van der Waals surface area contributed by atoms with Crippen LogP contribution < -0.4 is 11.1 Å². The molecule has 1 heterocycles. The van der Waals surface area contributed by atoms with Gasteiger partial charge in [0.1, 0.15) is 4.99 Å². The minimum absolute atomic E-state index is 0.0578. The van der Waals surface area contributed by atoms with Crippen molar-refractivity contribution in [3.8, 4) is 0 Å². The molecule has 108 valence electrons. The number of thiocarbonyl (C=S) groups is 1. The fourth-order valence-corrected chi connectivity index (χ4v) is 3.81. The van der Waals surface area contributed by atoms with Gasteiger partial charge in [-0.15, -0.1) is 11.3 Å². The quantitative estimate of drug-likeness (QED) is 0.853. The highest BCUT2D eigenvalue weighted by molar-refractivity contribution is 7.80. The van der Waals surface area contributed by atoms with E-state index in [1.54, 1.807) is 11.3 Å². The van der Waals surface area contributed by atoms with Crippen LogP contribution in [0.25, 0.3) is 0 Å². The van der Waals surface area contributed by atoms with Crippen molar-refractivity contribution < 1.29 is 4.79 Å². The number of nitrogens with one attached hydrogen (secondary N) is 1. The molecule has 2 aromatic rings. The van der Waals surface area contributed by atoms with E-state index in [0.717, 1.165) is 34.5 Å². The zero-order valence-electron chi connectivity index (χ0n) is 11.7. The van der Waals surface area contributed by atoms with Gasteiger partial charge >= 0.3 is 0 Å². The third kappa shape index (κ3) is 2.84. The molecule has 0 unspecified atom stereocenters.